The average Bonchev–Trinajstić information content (AvgIpc) is 2.68. The van der Waals surface area contributed by atoms with Crippen LogP contribution in [-0.2, 0) is 16.1 Å². The number of ether oxygens (including phenoxy) is 1. The number of benzene rings is 2. The maximum absolute atomic E-state index is 12.2. The molecule has 6 heteroatoms. The number of carbonyl (C=O) groups excluding carboxylic acids is 1. The van der Waals surface area contributed by atoms with Gasteiger partial charge in [-0.15, -0.1) is 0 Å². The SMILES string of the molecule is CCOC(=O)CC(c1oc(CO)cc(=O)c1O)c1cccc2ccccc12. The number of aliphatic hydroxyl groups excluding tert-OH is 1. The summed E-state index contributed by atoms with van der Waals surface area (Å²) in [5.41, 5.74) is 0.0455. The number of fused-ring (bicyclic) bond motifs is 1. The molecule has 140 valence electrons. The van der Waals surface area contributed by atoms with Crippen LogP contribution in [-0.4, -0.2) is 22.8 Å². The van der Waals surface area contributed by atoms with Gasteiger partial charge in [0.05, 0.1) is 18.9 Å². The van der Waals surface area contributed by atoms with E-state index in [1.54, 1.807) is 6.92 Å². The highest BCUT2D eigenvalue weighted by atomic mass is 16.5. The number of carbonyl (C=O) groups is 1. The summed E-state index contributed by atoms with van der Waals surface area (Å²) in [7, 11) is 0. The monoisotopic (exact) mass is 368 g/mol. The molecule has 0 saturated heterocycles. The second-order valence-corrected chi connectivity index (χ2v) is 6.08. The van der Waals surface area contributed by atoms with Crippen LogP contribution in [0.2, 0.25) is 0 Å². The zero-order valence-corrected chi connectivity index (χ0v) is 14.8. The van der Waals surface area contributed by atoms with Gasteiger partial charge in [0.25, 0.3) is 0 Å². The topological polar surface area (TPSA) is 97.0 Å². The highest BCUT2D eigenvalue weighted by Crippen LogP contribution is 2.37. The van der Waals surface area contributed by atoms with Crippen LogP contribution < -0.4 is 5.43 Å². The summed E-state index contributed by atoms with van der Waals surface area (Å²) in [6, 6.07) is 14.2. The molecule has 0 radical (unpaired) electrons. The molecule has 0 spiro atoms. The molecular weight excluding hydrogens is 348 g/mol. The quantitative estimate of drug-likeness (QED) is 0.649. The molecule has 2 aromatic carbocycles. The van der Waals surface area contributed by atoms with E-state index < -0.39 is 29.7 Å². The first kappa shape index (κ1) is 18.7. The van der Waals surface area contributed by atoms with Gasteiger partial charge in [-0.3, -0.25) is 9.59 Å². The summed E-state index contributed by atoms with van der Waals surface area (Å²) < 4.78 is 10.6. The molecule has 0 fully saturated rings. The Bertz CT molecular complexity index is 1020. The third kappa shape index (κ3) is 3.85. The van der Waals surface area contributed by atoms with E-state index in [-0.39, 0.29) is 24.5 Å². The minimum absolute atomic E-state index is 0.0156. The first-order chi connectivity index (χ1) is 13.0. The number of rotatable bonds is 6. The van der Waals surface area contributed by atoms with Gasteiger partial charge in [-0.1, -0.05) is 42.5 Å². The second-order valence-electron chi connectivity index (χ2n) is 6.08. The van der Waals surface area contributed by atoms with Gasteiger partial charge >= 0.3 is 5.97 Å². The van der Waals surface area contributed by atoms with Gasteiger partial charge in [-0.05, 0) is 23.3 Å². The lowest BCUT2D eigenvalue weighted by atomic mass is 9.88. The van der Waals surface area contributed by atoms with Gasteiger partial charge in [-0.2, -0.15) is 0 Å². The second kappa shape index (κ2) is 8.05. The molecule has 0 aliphatic carbocycles. The molecule has 6 nitrogen and oxygen atoms in total. The molecule has 0 saturated carbocycles. The van der Waals surface area contributed by atoms with Crippen molar-refractivity contribution in [3.8, 4) is 5.75 Å². The van der Waals surface area contributed by atoms with E-state index in [0.717, 1.165) is 22.4 Å². The number of esters is 1. The molecule has 1 heterocycles. The Hall–Kier alpha value is -3.12. The van der Waals surface area contributed by atoms with E-state index in [0.29, 0.717) is 0 Å². The predicted molar refractivity (Wildman–Crippen MR) is 99.6 cm³/mol. The van der Waals surface area contributed by atoms with Gasteiger partial charge in [-0.25, -0.2) is 0 Å². The average molecular weight is 368 g/mol. The van der Waals surface area contributed by atoms with Crippen molar-refractivity contribution >= 4 is 16.7 Å². The van der Waals surface area contributed by atoms with Crippen LogP contribution in [0.4, 0.5) is 0 Å². The highest BCUT2D eigenvalue weighted by molar-refractivity contribution is 5.87. The molecule has 1 aromatic heterocycles. The van der Waals surface area contributed by atoms with Gasteiger partial charge in [0.2, 0.25) is 11.2 Å². The van der Waals surface area contributed by atoms with Crippen molar-refractivity contribution in [1.82, 2.24) is 0 Å². The fourth-order valence-electron chi connectivity index (χ4n) is 3.15. The van der Waals surface area contributed by atoms with Crippen molar-refractivity contribution in [2.24, 2.45) is 0 Å². The van der Waals surface area contributed by atoms with E-state index in [9.17, 15) is 19.8 Å². The Morgan fingerprint density at radius 3 is 2.67 bits per heavy atom. The van der Waals surface area contributed by atoms with Gasteiger partial charge in [0.1, 0.15) is 12.4 Å². The lowest BCUT2D eigenvalue weighted by Crippen LogP contribution is -2.15. The van der Waals surface area contributed by atoms with E-state index >= 15 is 0 Å². The number of aliphatic hydroxyl groups is 1. The molecular formula is C21H20O6. The molecule has 27 heavy (non-hydrogen) atoms. The Labute approximate surface area is 155 Å². The van der Waals surface area contributed by atoms with E-state index in [1.807, 2.05) is 42.5 Å². The maximum atomic E-state index is 12.2. The molecule has 0 aliphatic rings. The molecule has 1 unspecified atom stereocenters. The van der Waals surface area contributed by atoms with E-state index in [2.05, 4.69) is 0 Å². The summed E-state index contributed by atoms with van der Waals surface area (Å²) in [4.78, 5) is 24.3. The third-order valence-electron chi connectivity index (χ3n) is 4.35. The molecule has 0 aliphatic heterocycles. The first-order valence-electron chi connectivity index (χ1n) is 8.65. The summed E-state index contributed by atoms with van der Waals surface area (Å²) in [5.74, 6) is -1.84. The van der Waals surface area contributed by atoms with Crippen LogP contribution in [0.3, 0.4) is 0 Å². The van der Waals surface area contributed by atoms with E-state index in [4.69, 9.17) is 9.15 Å². The van der Waals surface area contributed by atoms with Crippen molar-refractivity contribution in [3.05, 3.63) is 75.8 Å². The molecule has 0 amide bonds. The van der Waals surface area contributed by atoms with Crippen LogP contribution in [0, 0.1) is 0 Å². The maximum Gasteiger partial charge on any atom is 0.306 e. The van der Waals surface area contributed by atoms with E-state index in [1.165, 1.54) is 0 Å². The molecule has 3 rings (SSSR count). The summed E-state index contributed by atoms with van der Waals surface area (Å²) in [6.45, 7) is 1.42. The lowest BCUT2D eigenvalue weighted by Gasteiger charge is -2.19. The Balaban J connectivity index is 2.22. The van der Waals surface area contributed by atoms with Crippen molar-refractivity contribution in [2.75, 3.05) is 6.61 Å². The minimum Gasteiger partial charge on any atom is -0.502 e. The first-order valence-corrected chi connectivity index (χ1v) is 8.65. The van der Waals surface area contributed by atoms with Crippen LogP contribution in [0.15, 0.2) is 57.7 Å². The lowest BCUT2D eigenvalue weighted by molar-refractivity contribution is -0.143. The largest absolute Gasteiger partial charge is 0.502 e. The summed E-state index contributed by atoms with van der Waals surface area (Å²) >= 11 is 0. The number of hydrogen-bond acceptors (Lipinski definition) is 6. The molecule has 3 aromatic rings. The zero-order valence-electron chi connectivity index (χ0n) is 14.8. The Morgan fingerprint density at radius 1 is 1.19 bits per heavy atom. The summed E-state index contributed by atoms with van der Waals surface area (Å²) in [6.07, 6.45) is -0.118. The van der Waals surface area contributed by atoms with Crippen LogP contribution in [0.25, 0.3) is 10.8 Å². The Kier molecular flexibility index (Phi) is 5.57. The van der Waals surface area contributed by atoms with Crippen LogP contribution in [0.5, 0.6) is 5.75 Å². The smallest absolute Gasteiger partial charge is 0.306 e. The Morgan fingerprint density at radius 2 is 1.93 bits per heavy atom. The van der Waals surface area contributed by atoms with Crippen LogP contribution >= 0.6 is 0 Å². The van der Waals surface area contributed by atoms with Gasteiger partial charge < -0.3 is 19.4 Å². The zero-order chi connectivity index (χ0) is 19.4. The summed E-state index contributed by atoms with van der Waals surface area (Å²) in [5, 5.41) is 21.5. The molecule has 0 bridgehead atoms. The predicted octanol–water partition coefficient (Wildman–Crippen LogP) is 3.08. The van der Waals surface area contributed by atoms with Crippen molar-refractivity contribution < 1.29 is 24.2 Å². The standard InChI is InChI=1S/C21H20O6/c1-2-26-19(24)11-17(21-20(25)18(23)10-14(12-22)27-21)16-9-5-7-13-6-3-4-8-15(13)16/h3-10,17,22,25H,2,11-12H2,1H3. The van der Waals surface area contributed by atoms with Crippen molar-refractivity contribution in [3.63, 3.8) is 0 Å². The third-order valence-corrected chi connectivity index (χ3v) is 4.35. The van der Waals surface area contributed by atoms with Crippen molar-refractivity contribution in [2.45, 2.75) is 25.9 Å². The van der Waals surface area contributed by atoms with Gasteiger partial charge in [0.15, 0.2) is 5.76 Å². The van der Waals surface area contributed by atoms with Crippen LogP contribution in [0.1, 0.15) is 36.3 Å². The normalized spacial score (nSPS) is 12.1. The van der Waals surface area contributed by atoms with Gasteiger partial charge in [0, 0.05) is 6.07 Å². The fraction of sp³-hybridized carbons (Fsp3) is 0.238. The fourth-order valence-corrected chi connectivity index (χ4v) is 3.15. The number of hydrogen-bond donors (Lipinski definition) is 2. The number of aromatic hydroxyl groups is 1. The molecule has 2 N–H and O–H groups in total. The minimum atomic E-state index is -0.741. The highest BCUT2D eigenvalue weighted by Gasteiger charge is 2.27. The molecule has 1 atom stereocenters. The van der Waals surface area contributed by atoms with Crippen molar-refractivity contribution in [1.29, 1.82) is 0 Å².